The van der Waals surface area contributed by atoms with Gasteiger partial charge in [0.05, 0.1) is 4.90 Å². The number of hydrogen-bond donors (Lipinski definition) is 2. The average molecular weight is 325 g/mol. The number of aromatic nitrogens is 1. The summed E-state index contributed by atoms with van der Waals surface area (Å²) in [6.07, 6.45) is 4.01. The van der Waals surface area contributed by atoms with E-state index in [4.69, 9.17) is 0 Å². The molecule has 7 heteroatoms. The van der Waals surface area contributed by atoms with Crippen molar-refractivity contribution >= 4 is 21.4 Å². The van der Waals surface area contributed by atoms with E-state index < -0.39 is 10.0 Å². The van der Waals surface area contributed by atoms with Crippen molar-refractivity contribution in [2.24, 2.45) is 0 Å². The monoisotopic (exact) mass is 325 g/mol. The largest absolute Gasteiger partial charge is 0.363 e. The number of H-pyrrole nitrogens is 1. The van der Waals surface area contributed by atoms with Crippen molar-refractivity contribution in [1.29, 1.82) is 0 Å². The molecule has 2 aromatic heterocycles. The normalized spacial score (nSPS) is 15.7. The number of nitrogens with zero attached hydrogens (tertiary/aromatic N) is 1. The predicted octanol–water partition coefficient (Wildman–Crippen LogP) is 2.15. The van der Waals surface area contributed by atoms with Gasteiger partial charge >= 0.3 is 0 Å². The molecule has 0 aromatic carbocycles. The Balaban J connectivity index is 1.68. The number of sulfonamides is 1. The van der Waals surface area contributed by atoms with Crippen molar-refractivity contribution in [3.05, 3.63) is 40.3 Å². The van der Waals surface area contributed by atoms with Gasteiger partial charge in [-0.05, 0) is 30.4 Å². The van der Waals surface area contributed by atoms with Crippen LogP contribution in [0.15, 0.2) is 34.7 Å². The number of thiophene rings is 1. The van der Waals surface area contributed by atoms with E-state index in [0.29, 0.717) is 24.0 Å². The first-order valence-electron chi connectivity index (χ1n) is 6.95. The lowest BCUT2D eigenvalue weighted by molar-refractivity contribution is 0.470. The fraction of sp³-hybridized carbons (Fsp3) is 0.429. The van der Waals surface area contributed by atoms with E-state index in [1.165, 1.54) is 17.1 Å². The second-order valence-electron chi connectivity index (χ2n) is 5.36. The van der Waals surface area contributed by atoms with Crippen LogP contribution in [-0.4, -0.2) is 30.8 Å². The van der Waals surface area contributed by atoms with Crippen molar-refractivity contribution in [2.45, 2.75) is 36.9 Å². The fourth-order valence-electron chi connectivity index (χ4n) is 2.10. The van der Waals surface area contributed by atoms with E-state index in [1.807, 2.05) is 17.5 Å². The van der Waals surface area contributed by atoms with Gasteiger partial charge in [0.15, 0.2) is 0 Å². The fourth-order valence-corrected chi connectivity index (χ4v) is 4.11. The topological polar surface area (TPSA) is 65.2 Å². The average Bonchev–Trinajstić information content (AvgIpc) is 2.93. The SMILES string of the molecule is CN(Cc1cccs1)S(=O)(=O)c1c[nH]c(CNC2CC2)c1. The second-order valence-corrected chi connectivity index (χ2v) is 8.43. The van der Waals surface area contributed by atoms with Gasteiger partial charge in [0.25, 0.3) is 0 Å². The maximum absolute atomic E-state index is 12.5. The van der Waals surface area contributed by atoms with Crippen LogP contribution >= 0.6 is 11.3 Å². The van der Waals surface area contributed by atoms with Gasteiger partial charge in [-0.2, -0.15) is 4.31 Å². The summed E-state index contributed by atoms with van der Waals surface area (Å²) >= 11 is 1.56. The summed E-state index contributed by atoms with van der Waals surface area (Å²) in [5.41, 5.74) is 0.907. The van der Waals surface area contributed by atoms with Gasteiger partial charge in [-0.25, -0.2) is 8.42 Å². The summed E-state index contributed by atoms with van der Waals surface area (Å²) in [7, 11) is -1.82. The Bertz CT molecular complexity index is 688. The second kappa shape index (κ2) is 5.92. The molecule has 0 radical (unpaired) electrons. The molecule has 1 aliphatic rings. The van der Waals surface area contributed by atoms with Crippen LogP contribution in [0.25, 0.3) is 0 Å². The Morgan fingerprint density at radius 1 is 1.48 bits per heavy atom. The highest BCUT2D eigenvalue weighted by Crippen LogP contribution is 2.21. The summed E-state index contributed by atoms with van der Waals surface area (Å²) in [5, 5.41) is 5.32. The summed E-state index contributed by atoms with van der Waals surface area (Å²) < 4.78 is 26.4. The first kappa shape index (κ1) is 14.8. The lowest BCUT2D eigenvalue weighted by Crippen LogP contribution is -2.25. The standard InChI is InChI=1S/C14H19N3O2S2/c1-17(10-13-3-2-6-20-13)21(18,19)14-7-12(16-9-14)8-15-11-4-5-11/h2-3,6-7,9,11,15-16H,4-5,8,10H2,1H3. The van der Waals surface area contributed by atoms with Crippen molar-refractivity contribution < 1.29 is 8.42 Å². The Labute approximate surface area is 129 Å². The van der Waals surface area contributed by atoms with E-state index in [0.717, 1.165) is 10.6 Å². The molecule has 0 saturated heterocycles. The van der Waals surface area contributed by atoms with E-state index in [9.17, 15) is 8.42 Å². The minimum Gasteiger partial charge on any atom is -0.363 e. The molecule has 0 bridgehead atoms. The van der Waals surface area contributed by atoms with Crippen LogP contribution in [0.4, 0.5) is 0 Å². The smallest absolute Gasteiger partial charge is 0.244 e. The summed E-state index contributed by atoms with van der Waals surface area (Å²) in [5.74, 6) is 0. The number of aromatic amines is 1. The first-order chi connectivity index (χ1) is 10.1. The van der Waals surface area contributed by atoms with Crippen LogP contribution in [-0.2, 0) is 23.1 Å². The van der Waals surface area contributed by atoms with Crippen LogP contribution in [0, 0.1) is 0 Å². The zero-order valence-electron chi connectivity index (χ0n) is 11.9. The lowest BCUT2D eigenvalue weighted by atomic mass is 10.4. The quantitative estimate of drug-likeness (QED) is 0.820. The molecule has 0 atom stereocenters. The van der Waals surface area contributed by atoms with Gasteiger partial charge in [-0.1, -0.05) is 6.07 Å². The minimum atomic E-state index is -3.44. The molecule has 0 aliphatic heterocycles. The van der Waals surface area contributed by atoms with E-state index in [1.54, 1.807) is 30.6 Å². The molecule has 2 aromatic rings. The molecular formula is C14H19N3O2S2. The number of hydrogen-bond acceptors (Lipinski definition) is 4. The maximum Gasteiger partial charge on any atom is 0.244 e. The third kappa shape index (κ3) is 3.55. The summed E-state index contributed by atoms with van der Waals surface area (Å²) in [6.45, 7) is 1.09. The van der Waals surface area contributed by atoms with Gasteiger partial charge in [0, 0.05) is 42.9 Å². The zero-order valence-corrected chi connectivity index (χ0v) is 13.5. The third-order valence-electron chi connectivity index (χ3n) is 3.54. The molecule has 1 fully saturated rings. The summed E-state index contributed by atoms with van der Waals surface area (Å²) in [4.78, 5) is 4.41. The molecule has 2 N–H and O–H groups in total. The number of nitrogens with one attached hydrogen (secondary N) is 2. The predicted molar refractivity (Wildman–Crippen MR) is 83.6 cm³/mol. The van der Waals surface area contributed by atoms with Crippen molar-refractivity contribution in [3.8, 4) is 0 Å². The molecule has 0 amide bonds. The van der Waals surface area contributed by atoms with Crippen LogP contribution in [0.1, 0.15) is 23.4 Å². The Morgan fingerprint density at radius 2 is 2.29 bits per heavy atom. The van der Waals surface area contributed by atoms with Gasteiger partial charge in [0.2, 0.25) is 10.0 Å². The van der Waals surface area contributed by atoms with Crippen LogP contribution < -0.4 is 5.32 Å². The molecule has 3 rings (SSSR count). The highest BCUT2D eigenvalue weighted by Gasteiger charge is 2.24. The van der Waals surface area contributed by atoms with Crippen LogP contribution in [0.2, 0.25) is 0 Å². The molecule has 5 nitrogen and oxygen atoms in total. The Hall–Kier alpha value is -1.15. The molecule has 0 unspecified atom stereocenters. The number of rotatable bonds is 7. The summed E-state index contributed by atoms with van der Waals surface area (Å²) in [6, 6.07) is 6.20. The third-order valence-corrected chi connectivity index (χ3v) is 6.18. The Morgan fingerprint density at radius 3 is 2.95 bits per heavy atom. The van der Waals surface area contributed by atoms with Gasteiger partial charge in [0.1, 0.15) is 0 Å². The van der Waals surface area contributed by atoms with Crippen molar-refractivity contribution in [2.75, 3.05) is 7.05 Å². The van der Waals surface area contributed by atoms with E-state index in [-0.39, 0.29) is 0 Å². The highest BCUT2D eigenvalue weighted by molar-refractivity contribution is 7.89. The van der Waals surface area contributed by atoms with Gasteiger partial charge in [-0.15, -0.1) is 11.3 Å². The van der Waals surface area contributed by atoms with E-state index >= 15 is 0 Å². The van der Waals surface area contributed by atoms with E-state index in [2.05, 4.69) is 10.3 Å². The molecule has 1 saturated carbocycles. The Kier molecular flexibility index (Phi) is 4.17. The molecule has 114 valence electrons. The van der Waals surface area contributed by atoms with Crippen molar-refractivity contribution in [3.63, 3.8) is 0 Å². The van der Waals surface area contributed by atoms with Gasteiger partial charge < -0.3 is 10.3 Å². The molecule has 21 heavy (non-hydrogen) atoms. The van der Waals surface area contributed by atoms with Crippen LogP contribution in [0.3, 0.4) is 0 Å². The molecule has 0 spiro atoms. The van der Waals surface area contributed by atoms with Crippen molar-refractivity contribution in [1.82, 2.24) is 14.6 Å². The molecule has 2 heterocycles. The first-order valence-corrected chi connectivity index (χ1v) is 9.27. The van der Waals surface area contributed by atoms with Crippen LogP contribution in [0.5, 0.6) is 0 Å². The maximum atomic E-state index is 12.5. The highest BCUT2D eigenvalue weighted by atomic mass is 32.2. The molecule has 1 aliphatic carbocycles. The lowest BCUT2D eigenvalue weighted by Gasteiger charge is -2.15. The van der Waals surface area contributed by atoms with Gasteiger partial charge in [-0.3, -0.25) is 0 Å². The molecular weight excluding hydrogens is 306 g/mol. The zero-order chi connectivity index (χ0) is 14.9. The minimum absolute atomic E-state index is 0.328.